The summed E-state index contributed by atoms with van der Waals surface area (Å²) in [5.74, 6) is -5.15. The van der Waals surface area contributed by atoms with E-state index in [2.05, 4.69) is 27.1 Å². The van der Waals surface area contributed by atoms with Crippen LogP contribution in [0.1, 0.15) is 62.5 Å². The fourth-order valence-corrected chi connectivity index (χ4v) is 10.8. The zero-order valence-corrected chi connectivity index (χ0v) is 35.0. The van der Waals surface area contributed by atoms with Crippen LogP contribution in [0.25, 0.3) is 0 Å². The minimum atomic E-state index is -4.74. The van der Waals surface area contributed by atoms with Gasteiger partial charge in [-0.3, -0.25) is 19.3 Å². The minimum Gasteiger partial charge on any atom is -0.444 e. The molecular weight excluding hydrogens is 853 g/mol. The van der Waals surface area contributed by atoms with Crippen LogP contribution >= 0.6 is 0 Å². The van der Waals surface area contributed by atoms with Crippen molar-refractivity contribution < 1.29 is 49.5 Å². The molecule has 0 radical (unpaired) electrons. The van der Waals surface area contributed by atoms with Crippen LogP contribution in [0.2, 0.25) is 0 Å². The van der Waals surface area contributed by atoms with Crippen molar-refractivity contribution in [2.45, 2.75) is 98.0 Å². The molecule has 62 heavy (non-hydrogen) atoms. The Hall–Kier alpha value is -5.80. The molecule has 330 valence electrons. The van der Waals surface area contributed by atoms with Gasteiger partial charge in [-0.25, -0.2) is 35.1 Å². The normalized spacial score (nSPS) is 25.6. The highest BCUT2D eigenvalue weighted by molar-refractivity contribution is 7.90. The highest BCUT2D eigenvalue weighted by atomic mass is 32.2. The van der Waals surface area contributed by atoms with Crippen molar-refractivity contribution >= 4 is 55.2 Å². The lowest BCUT2D eigenvalue weighted by Gasteiger charge is -2.30. The van der Waals surface area contributed by atoms with Crippen LogP contribution in [0.4, 0.5) is 25.0 Å². The van der Waals surface area contributed by atoms with Crippen molar-refractivity contribution in [1.82, 2.24) is 24.6 Å². The molecule has 17 nitrogen and oxygen atoms in total. The molecule has 0 unspecified atom stereocenters. The third-order valence-corrected chi connectivity index (χ3v) is 14.5. The zero-order chi connectivity index (χ0) is 44.4. The van der Waals surface area contributed by atoms with Crippen molar-refractivity contribution in [2.75, 3.05) is 18.4 Å². The predicted octanol–water partition coefficient (Wildman–Crippen LogP) is 4.46. The van der Waals surface area contributed by atoms with Crippen molar-refractivity contribution in [3.63, 3.8) is 0 Å². The molecule has 0 aromatic heterocycles. The van der Waals surface area contributed by atoms with Gasteiger partial charge in [0.2, 0.25) is 21.8 Å². The van der Waals surface area contributed by atoms with Gasteiger partial charge in [-0.2, -0.15) is 4.72 Å². The Kier molecular flexibility index (Phi) is 12.8. The maximum atomic E-state index is 14.7. The second-order valence-corrected chi connectivity index (χ2v) is 19.1. The van der Waals surface area contributed by atoms with Gasteiger partial charge >= 0.3 is 6.09 Å². The highest BCUT2D eigenvalue weighted by Gasteiger charge is 2.61. The maximum absolute atomic E-state index is 14.7. The van der Waals surface area contributed by atoms with Crippen molar-refractivity contribution in [3.05, 3.63) is 101 Å². The van der Waals surface area contributed by atoms with Crippen molar-refractivity contribution in [1.29, 1.82) is 0 Å². The summed E-state index contributed by atoms with van der Waals surface area (Å²) in [4.78, 5) is 69.5. The molecule has 4 amide bonds. The van der Waals surface area contributed by atoms with Gasteiger partial charge < -0.3 is 20.3 Å². The summed E-state index contributed by atoms with van der Waals surface area (Å²) in [7, 11) is -9.33. The van der Waals surface area contributed by atoms with E-state index in [1.807, 2.05) is 4.72 Å². The van der Waals surface area contributed by atoms with E-state index in [9.17, 15) is 49.7 Å². The summed E-state index contributed by atoms with van der Waals surface area (Å²) in [5, 5.41) is 8.41. The summed E-state index contributed by atoms with van der Waals surface area (Å²) in [6, 6.07) is 9.66. The molecule has 1 aliphatic carbocycles. The summed E-state index contributed by atoms with van der Waals surface area (Å²) in [6.07, 6.45) is 1.45. The second-order valence-electron chi connectivity index (χ2n) is 15.8. The number of rotatable bonds is 6. The van der Waals surface area contributed by atoms with Gasteiger partial charge in [-0.15, -0.1) is 11.5 Å². The first kappa shape index (κ1) is 44.3. The first-order valence-electron chi connectivity index (χ1n) is 20.1. The first-order chi connectivity index (χ1) is 29.6. The topological polar surface area (TPSA) is 230 Å². The third kappa shape index (κ3) is 9.19. The van der Waals surface area contributed by atoms with E-state index < -0.39 is 107 Å². The predicted molar refractivity (Wildman–Crippen MR) is 219 cm³/mol. The monoisotopic (exact) mass is 897 g/mol. The van der Waals surface area contributed by atoms with Gasteiger partial charge in [0.15, 0.2) is 0 Å². The van der Waals surface area contributed by atoms with E-state index >= 15 is 0 Å². The van der Waals surface area contributed by atoms with Crippen LogP contribution in [0.5, 0.6) is 0 Å². The van der Waals surface area contributed by atoms with E-state index in [1.54, 1.807) is 6.07 Å². The molecule has 5 atom stereocenters. The zero-order valence-electron chi connectivity index (χ0n) is 33.3. The van der Waals surface area contributed by atoms with Gasteiger partial charge in [-0.05, 0) is 66.4 Å². The average Bonchev–Trinajstić information content (AvgIpc) is 3.53. The summed E-state index contributed by atoms with van der Waals surface area (Å²) in [5.41, 5.74) is -1.37. The third-order valence-electron chi connectivity index (χ3n) is 11.6. The van der Waals surface area contributed by atoms with Gasteiger partial charge in [0, 0.05) is 31.0 Å². The van der Waals surface area contributed by atoms with E-state index in [1.165, 1.54) is 47.4 Å². The quantitative estimate of drug-likeness (QED) is 0.199. The number of carbonyl (C=O) groups excluding carboxylic acids is 4. The summed E-state index contributed by atoms with van der Waals surface area (Å²) < 4.78 is 94.2. The second kappa shape index (κ2) is 17.9. The highest BCUT2D eigenvalue weighted by Crippen LogP contribution is 2.45. The van der Waals surface area contributed by atoms with Crippen molar-refractivity contribution in [2.24, 2.45) is 11.1 Å². The van der Waals surface area contributed by atoms with Gasteiger partial charge in [0.1, 0.15) is 50.8 Å². The number of nitroso groups, excluding NO2 is 1. The van der Waals surface area contributed by atoms with Gasteiger partial charge in [0.25, 0.3) is 15.9 Å². The number of fused-ring (bicyclic) bond motifs is 3. The van der Waals surface area contributed by atoms with E-state index in [-0.39, 0.29) is 44.6 Å². The molecule has 3 aliphatic heterocycles. The fourth-order valence-electron chi connectivity index (χ4n) is 8.24. The Morgan fingerprint density at radius 2 is 1.76 bits per heavy atom. The summed E-state index contributed by atoms with van der Waals surface area (Å²) in [6.45, 7) is 3.51. The van der Waals surface area contributed by atoms with Crippen molar-refractivity contribution in [3.8, 4) is 0 Å². The molecule has 3 aromatic rings. The van der Waals surface area contributed by atoms with Gasteiger partial charge in [0.05, 0.1) is 18.8 Å². The van der Waals surface area contributed by atoms with Crippen LogP contribution in [0.15, 0.2) is 88.3 Å². The van der Waals surface area contributed by atoms with Gasteiger partial charge in [-0.1, -0.05) is 56.0 Å². The number of nitrogens with zero attached hydrogens (tertiary/aromatic N) is 3. The van der Waals surface area contributed by atoms with E-state index in [4.69, 9.17) is 4.74 Å². The molecule has 0 bridgehead atoms. The number of amides is 4. The Labute approximate surface area is 356 Å². The lowest BCUT2D eigenvalue weighted by Crippen LogP contribution is -2.58. The Balaban J connectivity index is 1.21. The van der Waals surface area contributed by atoms with Crippen LogP contribution in [0.3, 0.4) is 0 Å². The fraction of sp³-hybridized carbons (Fsp3) is 0.415. The Morgan fingerprint density at radius 3 is 2.50 bits per heavy atom. The Bertz CT molecular complexity index is 2530. The molecule has 7 rings (SSSR count). The van der Waals surface area contributed by atoms with E-state index in [0.717, 1.165) is 23.1 Å². The molecule has 1 spiro atoms. The molecule has 1 saturated carbocycles. The maximum Gasteiger partial charge on any atom is 0.410 e. The summed E-state index contributed by atoms with van der Waals surface area (Å²) >= 11 is 0. The van der Waals surface area contributed by atoms with Crippen LogP contribution in [-0.2, 0) is 52.3 Å². The van der Waals surface area contributed by atoms with Crippen LogP contribution in [0, 0.1) is 22.5 Å². The number of carbonyl (C=O) groups is 4. The van der Waals surface area contributed by atoms with Crippen LogP contribution < -0.4 is 20.1 Å². The first-order valence-corrected chi connectivity index (χ1v) is 23.1. The number of anilines is 1. The Morgan fingerprint density at radius 1 is 1.00 bits per heavy atom. The number of hydrogen-bond donors (Lipinski definition) is 4. The lowest BCUT2D eigenvalue weighted by atomic mass is 10.0. The molecule has 2 fully saturated rings. The number of nitrogens with one attached hydrogen (secondary N) is 4. The number of benzene rings is 3. The minimum absolute atomic E-state index is 0.0306. The number of hydrogen-bond acceptors (Lipinski definition) is 12. The molecule has 3 heterocycles. The molecule has 4 N–H and O–H groups in total. The molecule has 4 aliphatic rings. The average molecular weight is 898 g/mol. The SMILES string of the molecule is C=C[C@@H]1C[C@@]12NC(=O)[C@@H]1C[C@@H](OC(=O)N3Cc4cccc(F)c4C3)CN1C(=O)[C@@H](NS(=O)(=O)c1ccccc1N=O)CCCCCCCNc1ccc(F)cc1S(=O)(=O)NC2=O. The number of ether oxygens (including phenoxy) is 1. The molecule has 21 heteroatoms. The standard InChI is InChI=1S/C41H45F2N7O10S2/c1-2-26-21-41(26)39(53)48-62(58,59)36-19-27(42)16-17-31(36)44-18-9-5-3-4-6-14-33(47-61(56,57)35-15-8-7-13-32(35)46-55)38(52)50-23-28(20-34(50)37(51)45-41)60-40(54)49-22-25-11-10-12-30(43)29(25)24-49/h2,7-8,10-13,15-17,19,26,28,33-34,44,47H,1,3-6,9,14,18,20-24H2,(H,45,51)(H,48,53)/t26-,28-,33+,34+,41-/m1/s1. The lowest BCUT2D eigenvalue weighted by molar-refractivity contribution is -0.141. The van der Waals surface area contributed by atoms with Crippen LogP contribution in [-0.4, -0.2) is 87.3 Å². The smallest absolute Gasteiger partial charge is 0.410 e. The molecule has 1 saturated heterocycles. The van der Waals surface area contributed by atoms with E-state index in [0.29, 0.717) is 43.2 Å². The molecule has 3 aromatic carbocycles. The number of halogens is 2. The molecular formula is C41H45F2N7O10S2. The largest absolute Gasteiger partial charge is 0.444 e. The number of sulfonamides is 2.